The fraction of sp³-hybridized carbons (Fsp3) is 0.650. The fourth-order valence-electron chi connectivity index (χ4n) is 2.56. The quantitative estimate of drug-likeness (QED) is 0.261. The lowest BCUT2D eigenvalue weighted by atomic mass is 10.1. The summed E-state index contributed by atoms with van der Waals surface area (Å²) in [6, 6.07) is 0. The van der Waals surface area contributed by atoms with Crippen LogP contribution in [0.5, 0.6) is 0 Å². The lowest BCUT2D eigenvalue weighted by Crippen LogP contribution is -1.93. The minimum absolute atomic E-state index is 0.311. The van der Waals surface area contributed by atoms with Crippen molar-refractivity contribution in [2.75, 3.05) is 0 Å². The van der Waals surface area contributed by atoms with Gasteiger partial charge in [0.15, 0.2) is 0 Å². The molecule has 0 amide bonds. The highest BCUT2D eigenvalue weighted by Gasteiger charge is 2.31. The van der Waals surface area contributed by atoms with E-state index in [0.717, 1.165) is 37.5 Å². The van der Waals surface area contributed by atoms with Gasteiger partial charge in [-0.25, -0.2) is 0 Å². The van der Waals surface area contributed by atoms with Gasteiger partial charge in [-0.05, 0) is 50.4 Å². The van der Waals surface area contributed by atoms with Gasteiger partial charge in [0.05, 0.1) is 0 Å². The molecule has 2 atom stereocenters. The molecule has 124 valence electrons. The molecule has 0 bridgehead atoms. The Balaban J connectivity index is 1.96. The summed E-state index contributed by atoms with van der Waals surface area (Å²) in [5, 5.41) is 8.54. The summed E-state index contributed by atoms with van der Waals surface area (Å²) in [4.78, 5) is 10.4. The van der Waals surface area contributed by atoms with Crippen LogP contribution in [0.3, 0.4) is 0 Å². The maximum absolute atomic E-state index is 10.4. The molecule has 0 aromatic heterocycles. The van der Waals surface area contributed by atoms with E-state index in [1.54, 1.807) is 0 Å². The van der Waals surface area contributed by atoms with Crippen LogP contribution in [0.1, 0.15) is 71.1 Å². The van der Waals surface area contributed by atoms with E-state index >= 15 is 0 Å². The van der Waals surface area contributed by atoms with E-state index < -0.39 is 5.97 Å². The molecule has 1 aliphatic rings. The molecule has 1 N–H and O–H groups in total. The number of hydrogen-bond acceptors (Lipinski definition) is 1. The predicted octanol–water partition coefficient (Wildman–Crippen LogP) is 5.91. The van der Waals surface area contributed by atoms with Crippen molar-refractivity contribution in [3.8, 4) is 0 Å². The van der Waals surface area contributed by atoms with Gasteiger partial charge in [-0.1, -0.05) is 62.6 Å². The van der Waals surface area contributed by atoms with Gasteiger partial charge in [-0.2, -0.15) is 0 Å². The number of carboxylic acid groups (broad SMARTS) is 1. The second-order valence-electron chi connectivity index (χ2n) is 6.29. The molecule has 0 aliphatic heterocycles. The van der Waals surface area contributed by atoms with Crippen molar-refractivity contribution in [2.45, 2.75) is 71.1 Å². The highest BCUT2D eigenvalue weighted by molar-refractivity contribution is 5.66. The minimum Gasteiger partial charge on any atom is -0.481 e. The third-order valence-electron chi connectivity index (χ3n) is 4.12. The Morgan fingerprint density at radius 2 is 1.68 bits per heavy atom. The summed E-state index contributed by atoms with van der Waals surface area (Å²) in [5.74, 6) is 0.801. The Morgan fingerprint density at radius 3 is 2.45 bits per heavy atom. The van der Waals surface area contributed by atoms with Crippen LogP contribution < -0.4 is 0 Å². The molecular formula is C20H32O2. The van der Waals surface area contributed by atoms with Crippen LogP contribution in [0.4, 0.5) is 0 Å². The van der Waals surface area contributed by atoms with E-state index in [4.69, 9.17) is 5.11 Å². The topological polar surface area (TPSA) is 37.3 Å². The SMILES string of the molecule is CCCCC/C=C/C=C/C1CC1/C=C/CCCCCC(=O)O. The van der Waals surface area contributed by atoms with Crippen molar-refractivity contribution in [2.24, 2.45) is 11.8 Å². The molecule has 0 heterocycles. The smallest absolute Gasteiger partial charge is 0.303 e. The van der Waals surface area contributed by atoms with Gasteiger partial charge in [0.1, 0.15) is 0 Å². The summed E-state index contributed by atoms with van der Waals surface area (Å²) in [6.07, 6.45) is 24.4. The molecule has 1 rings (SSSR count). The zero-order valence-corrected chi connectivity index (χ0v) is 14.0. The lowest BCUT2D eigenvalue weighted by molar-refractivity contribution is -0.137. The summed E-state index contributed by atoms with van der Waals surface area (Å²) in [5.41, 5.74) is 0. The van der Waals surface area contributed by atoms with Crippen LogP contribution in [0.15, 0.2) is 36.5 Å². The fourth-order valence-corrected chi connectivity index (χ4v) is 2.56. The molecule has 1 saturated carbocycles. The van der Waals surface area contributed by atoms with Crippen LogP contribution >= 0.6 is 0 Å². The number of unbranched alkanes of at least 4 members (excludes halogenated alkanes) is 6. The van der Waals surface area contributed by atoms with E-state index in [1.165, 1.54) is 32.1 Å². The summed E-state index contributed by atoms with van der Waals surface area (Å²) in [6.45, 7) is 2.24. The Bertz CT molecular complexity index is 379. The molecule has 1 fully saturated rings. The molecule has 22 heavy (non-hydrogen) atoms. The van der Waals surface area contributed by atoms with Gasteiger partial charge in [-0.15, -0.1) is 0 Å². The molecular weight excluding hydrogens is 272 g/mol. The first-order chi connectivity index (χ1) is 10.7. The molecule has 0 radical (unpaired) electrons. The number of carbonyl (C=O) groups is 1. The van der Waals surface area contributed by atoms with Gasteiger partial charge < -0.3 is 5.11 Å². The maximum atomic E-state index is 10.4. The van der Waals surface area contributed by atoms with Gasteiger partial charge in [0, 0.05) is 6.42 Å². The van der Waals surface area contributed by atoms with Crippen LogP contribution in [0, 0.1) is 11.8 Å². The molecule has 0 aromatic rings. The van der Waals surface area contributed by atoms with E-state index in [9.17, 15) is 4.79 Å². The molecule has 0 spiro atoms. The molecule has 2 heteroatoms. The van der Waals surface area contributed by atoms with Gasteiger partial charge in [0.2, 0.25) is 0 Å². The van der Waals surface area contributed by atoms with E-state index in [1.807, 2.05) is 0 Å². The first kappa shape index (κ1) is 18.7. The minimum atomic E-state index is -0.678. The second-order valence-corrected chi connectivity index (χ2v) is 6.29. The Hall–Kier alpha value is -1.31. The van der Waals surface area contributed by atoms with Crippen molar-refractivity contribution >= 4 is 5.97 Å². The second kappa shape index (κ2) is 12.3. The Kier molecular flexibility index (Phi) is 10.4. The van der Waals surface area contributed by atoms with Crippen LogP contribution in [0.2, 0.25) is 0 Å². The third kappa shape index (κ3) is 10.4. The van der Waals surface area contributed by atoms with Crippen LogP contribution in [-0.2, 0) is 4.79 Å². The molecule has 1 aliphatic carbocycles. The number of aliphatic carboxylic acids is 1. The first-order valence-electron chi connectivity index (χ1n) is 8.95. The van der Waals surface area contributed by atoms with E-state index in [0.29, 0.717) is 6.42 Å². The van der Waals surface area contributed by atoms with Crippen molar-refractivity contribution in [1.82, 2.24) is 0 Å². The average molecular weight is 304 g/mol. The number of rotatable bonds is 13. The lowest BCUT2D eigenvalue weighted by Gasteiger charge is -1.95. The number of hydrogen-bond donors (Lipinski definition) is 1. The molecule has 2 unspecified atom stereocenters. The van der Waals surface area contributed by atoms with E-state index in [-0.39, 0.29) is 0 Å². The van der Waals surface area contributed by atoms with E-state index in [2.05, 4.69) is 43.4 Å². The van der Waals surface area contributed by atoms with Crippen molar-refractivity contribution in [3.05, 3.63) is 36.5 Å². The van der Waals surface area contributed by atoms with Gasteiger partial charge >= 0.3 is 5.97 Å². The molecule has 2 nitrogen and oxygen atoms in total. The third-order valence-corrected chi connectivity index (χ3v) is 4.12. The van der Waals surface area contributed by atoms with Crippen LogP contribution in [0.25, 0.3) is 0 Å². The monoisotopic (exact) mass is 304 g/mol. The van der Waals surface area contributed by atoms with Gasteiger partial charge in [-0.3, -0.25) is 4.79 Å². The summed E-state index contributed by atoms with van der Waals surface area (Å²) < 4.78 is 0. The summed E-state index contributed by atoms with van der Waals surface area (Å²) in [7, 11) is 0. The summed E-state index contributed by atoms with van der Waals surface area (Å²) >= 11 is 0. The zero-order chi connectivity index (χ0) is 16.0. The first-order valence-corrected chi connectivity index (χ1v) is 8.95. The predicted molar refractivity (Wildman–Crippen MR) is 93.9 cm³/mol. The van der Waals surface area contributed by atoms with Crippen molar-refractivity contribution in [1.29, 1.82) is 0 Å². The van der Waals surface area contributed by atoms with Crippen molar-refractivity contribution < 1.29 is 9.90 Å². The number of carboxylic acids is 1. The molecule has 0 saturated heterocycles. The van der Waals surface area contributed by atoms with Crippen molar-refractivity contribution in [3.63, 3.8) is 0 Å². The molecule has 0 aromatic carbocycles. The van der Waals surface area contributed by atoms with Gasteiger partial charge in [0.25, 0.3) is 0 Å². The highest BCUT2D eigenvalue weighted by atomic mass is 16.4. The highest BCUT2D eigenvalue weighted by Crippen LogP contribution is 2.40. The zero-order valence-electron chi connectivity index (χ0n) is 14.0. The Morgan fingerprint density at radius 1 is 0.955 bits per heavy atom. The average Bonchev–Trinajstić information content (AvgIpc) is 3.23. The normalized spacial score (nSPS) is 21.3. The maximum Gasteiger partial charge on any atom is 0.303 e. The number of allylic oxidation sites excluding steroid dienone is 6. The largest absolute Gasteiger partial charge is 0.481 e. The van der Waals surface area contributed by atoms with Crippen LogP contribution in [-0.4, -0.2) is 11.1 Å². The standard InChI is InChI=1S/C20H32O2/c1-2-3-4-5-6-8-11-14-18-17-19(18)15-12-9-7-10-13-16-20(21)22/h6,8,11-12,14-15,18-19H,2-5,7,9-10,13,16-17H2,1H3,(H,21,22)/b8-6+,14-11+,15-12+. The Labute approximate surface area is 136 Å².